The van der Waals surface area contributed by atoms with E-state index in [4.69, 9.17) is 27.3 Å². The van der Waals surface area contributed by atoms with Crippen LogP contribution in [-0.4, -0.2) is 23.3 Å². The molecule has 0 aliphatic carbocycles. The maximum atomic E-state index is 5.94. The van der Waals surface area contributed by atoms with Crippen molar-refractivity contribution in [1.29, 1.82) is 0 Å². The third kappa shape index (κ3) is 2.14. The summed E-state index contributed by atoms with van der Waals surface area (Å²) >= 11 is 5.90. The number of terminal acetylenes is 1. The van der Waals surface area contributed by atoms with E-state index >= 15 is 0 Å². The fourth-order valence-electron chi connectivity index (χ4n) is 1.73. The van der Waals surface area contributed by atoms with Gasteiger partial charge in [0.05, 0.1) is 11.2 Å². The van der Waals surface area contributed by atoms with E-state index in [9.17, 15) is 0 Å². The Labute approximate surface area is 113 Å². The summed E-state index contributed by atoms with van der Waals surface area (Å²) < 4.78 is 11.9. The number of halogens is 1. The second-order valence-electron chi connectivity index (χ2n) is 5.33. The lowest BCUT2D eigenvalue weighted by Gasteiger charge is -2.32. The first kappa shape index (κ1) is 13.4. The number of nitrogens with zero attached hydrogens (tertiary/aromatic N) is 1. The Morgan fingerprint density at radius 1 is 1.28 bits per heavy atom. The Morgan fingerprint density at radius 2 is 1.83 bits per heavy atom. The molecule has 0 saturated carbocycles. The van der Waals surface area contributed by atoms with Crippen LogP contribution < -0.4 is 5.46 Å². The highest BCUT2D eigenvalue weighted by molar-refractivity contribution is 6.63. The van der Waals surface area contributed by atoms with Crippen LogP contribution in [0, 0.1) is 12.3 Å². The van der Waals surface area contributed by atoms with Crippen molar-refractivity contribution in [2.45, 2.75) is 38.9 Å². The predicted octanol–water partition coefficient (Wildman–Crippen LogP) is 2.02. The molecular weight excluding hydrogens is 248 g/mol. The summed E-state index contributed by atoms with van der Waals surface area (Å²) in [5, 5.41) is 0.374. The van der Waals surface area contributed by atoms with E-state index in [1.165, 1.54) is 0 Å². The van der Waals surface area contributed by atoms with Crippen LogP contribution in [0.5, 0.6) is 0 Å². The van der Waals surface area contributed by atoms with Gasteiger partial charge in [-0.3, -0.25) is 0 Å². The van der Waals surface area contributed by atoms with Crippen LogP contribution in [0.4, 0.5) is 0 Å². The lowest BCUT2D eigenvalue weighted by atomic mass is 9.77. The molecule has 0 atom stereocenters. The van der Waals surface area contributed by atoms with E-state index in [1.807, 2.05) is 27.7 Å². The SMILES string of the molecule is C#Cc1cnc(Cl)cc1B1OC(C)(C)C(C)(C)O1. The normalized spacial score (nSPS) is 20.8. The van der Waals surface area contributed by atoms with Crippen LogP contribution in [0.25, 0.3) is 0 Å². The van der Waals surface area contributed by atoms with Gasteiger partial charge in [-0.25, -0.2) is 4.98 Å². The Hall–Kier alpha value is -1.02. The third-order valence-electron chi connectivity index (χ3n) is 3.57. The summed E-state index contributed by atoms with van der Waals surface area (Å²) in [4.78, 5) is 3.97. The smallest absolute Gasteiger partial charge is 0.399 e. The number of hydrogen-bond acceptors (Lipinski definition) is 3. The summed E-state index contributed by atoms with van der Waals surface area (Å²) in [6.45, 7) is 7.97. The highest BCUT2D eigenvalue weighted by Crippen LogP contribution is 2.36. The molecule has 0 unspecified atom stereocenters. The maximum Gasteiger partial charge on any atom is 0.496 e. The second-order valence-corrected chi connectivity index (χ2v) is 5.71. The number of pyridine rings is 1. The predicted molar refractivity (Wildman–Crippen MR) is 72.9 cm³/mol. The minimum Gasteiger partial charge on any atom is -0.399 e. The summed E-state index contributed by atoms with van der Waals surface area (Å²) in [6, 6.07) is 1.69. The van der Waals surface area contributed by atoms with E-state index in [0.29, 0.717) is 10.7 Å². The largest absolute Gasteiger partial charge is 0.496 e. The Balaban J connectivity index is 2.41. The van der Waals surface area contributed by atoms with Crippen molar-refractivity contribution < 1.29 is 9.31 Å². The minimum absolute atomic E-state index is 0.374. The van der Waals surface area contributed by atoms with E-state index in [1.54, 1.807) is 12.3 Å². The number of aromatic nitrogens is 1. The molecule has 0 amide bonds. The lowest BCUT2D eigenvalue weighted by Crippen LogP contribution is -2.41. The molecule has 1 aliphatic rings. The van der Waals surface area contributed by atoms with Crippen molar-refractivity contribution in [3.63, 3.8) is 0 Å². The molecule has 1 fully saturated rings. The van der Waals surface area contributed by atoms with Crippen molar-refractivity contribution in [2.24, 2.45) is 0 Å². The standard InChI is InChI=1S/C13H15BClNO2/c1-6-9-8-16-11(15)7-10(9)14-17-12(2,3)13(4,5)18-14/h1,7-8H,2-5H3. The minimum atomic E-state index is -0.512. The molecule has 3 nitrogen and oxygen atoms in total. The lowest BCUT2D eigenvalue weighted by molar-refractivity contribution is 0.00578. The first-order valence-corrected chi connectivity index (χ1v) is 6.12. The highest BCUT2D eigenvalue weighted by Gasteiger charge is 2.52. The van der Waals surface area contributed by atoms with Crippen LogP contribution in [0.1, 0.15) is 33.3 Å². The molecular formula is C13H15BClNO2. The maximum absolute atomic E-state index is 5.94. The van der Waals surface area contributed by atoms with Crippen molar-refractivity contribution in [3.05, 3.63) is 23.0 Å². The van der Waals surface area contributed by atoms with Gasteiger partial charge < -0.3 is 9.31 Å². The van der Waals surface area contributed by atoms with Gasteiger partial charge in [-0.15, -0.1) is 6.42 Å². The van der Waals surface area contributed by atoms with Crippen LogP contribution in [-0.2, 0) is 9.31 Å². The van der Waals surface area contributed by atoms with Crippen LogP contribution >= 0.6 is 11.6 Å². The first-order valence-electron chi connectivity index (χ1n) is 5.74. The van der Waals surface area contributed by atoms with Crippen LogP contribution in [0.2, 0.25) is 5.15 Å². The Bertz CT molecular complexity index is 506. The molecule has 0 aromatic carbocycles. The van der Waals surface area contributed by atoms with Gasteiger partial charge in [0.2, 0.25) is 0 Å². The molecule has 1 aromatic heterocycles. The molecule has 2 rings (SSSR count). The zero-order valence-corrected chi connectivity index (χ0v) is 11.7. The van der Waals surface area contributed by atoms with Crippen LogP contribution in [0.15, 0.2) is 12.3 Å². The molecule has 1 aliphatic heterocycles. The number of hydrogen-bond donors (Lipinski definition) is 0. The quantitative estimate of drug-likeness (QED) is 0.441. The van der Waals surface area contributed by atoms with Gasteiger partial charge in [0.1, 0.15) is 5.15 Å². The molecule has 5 heteroatoms. The zero-order valence-electron chi connectivity index (χ0n) is 11.0. The fourth-order valence-corrected chi connectivity index (χ4v) is 1.90. The molecule has 94 valence electrons. The molecule has 0 spiro atoms. The van der Waals surface area contributed by atoms with Crippen molar-refractivity contribution in [1.82, 2.24) is 4.98 Å². The van der Waals surface area contributed by atoms with Crippen molar-refractivity contribution in [3.8, 4) is 12.3 Å². The monoisotopic (exact) mass is 263 g/mol. The van der Waals surface area contributed by atoms with Crippen LogP contribution in [0.3, 0.4) is 0 Å². The fraction of sp³-hybridized carbons (Fsp3) is 0.462. The molecule has 18 heavy (non-hydrogen) atoms. The topological polar surface area (TPSA) is 31.4 Å². The van der Waals surface area contributed by atoms with Gasteiger partial charge in [0.15, 0.2) is 0 Å². The van der Waals surface area contributed by atoms with Gasteiger partial charge in [-0.2, -0.15) is 0 Å². The van der Waals surface area contributed by atoms with Gasteiger partial charge in [0.25, 0.3) is 0 Å². The summed E-state index contributed by atoms with van der Waals surface area (Å²) in [5.41, 5.74) is 0.576. The van der Waals surface area contributed by atoms with E-state index in [-0.39, 0.29) is 0 Å². The van der Waals surface area contributed by atoms with Gasteiger partial charge in [-0.1, -0.05) is 17.5 Å². The van der Waals surface area contributed by atoms with Crippen molar-refractivity contribution in [2.75, 3.05) is 0 Å². The Kier molecular flexibility index (Phi) is 3.18. The van der Waals surface area contributed by atoms with E-state index in [0.717, 1.165) is 5.46 Å². The summed E-state index contributed by atoms with van der Waals surface area (Å²) in [6.07, 6.45) is 7.02. The molecule has 0 N–H and O–H groups in total. The summed E-state index contributed by atoms with van der Waals surface area (Å²) in [7, 11) is -0.512. The van der Waals surface area contributed by atoms with E-state index in [2.05, 4.69) is 10.9 Å². The average Bonchev–Trinajstić information content (AvgIpc) is 2.48. The second kappa shape index (κ2) is 4.27. The third-order valence-corrected chi connectivity index (χ3v) is 3.77. The van der Waals surface area contributed by atoms with Crippen molar-refractivity contribution >= 4 is 24.2 Å². The van der Waals surface area contributed by atoms with Gasteiger partial charge in [0, 0.05) is 17.2 Å². The summed E-state index contributed by atoms with van der Waals surface area (Å²) in [5.74, 6) is 2.57. The molecule has 0 bridgehead atoms. The zero-order chi connectivity index (χ0) is 13.6. The van der Waals surface area contributed by atoms with E-state index < -0.39 is 18.3 Å². The molecule has 2 heterocycles. The molecule has 1 aromatic rings. The number of rotatable bonds is 1. The molecule has 1 saturated heterocycles. The van der Waals surface area contributed by atoms with Gasteiger partial charge >= 0.3 is 7.12 Å². The average molecular weight is 264 g/mol. The first-order chi connectivity index (χ1) is 8.27. The molecule has 0 radical (unpaired) electrons. The van der Waals surface area contributed by atoms with Gasteiger partial charge in [-0.05, 0) is 33.8 Å². The highest BCUT2D eigenvalue weighted by atomic mass is 35.5. The Morgan fingerprint density at radius 3 is 2.33 bits per heavy atom.